The van der Waals surface area contributed by atoms with E-state index < -0.39 is 6.04 Å². The zero-order valence-corrected chi connectivity index (χ0v) is 22.1. The molecule has 8 nitrogen and oxygen atoms in total. The van der Waals surface area contributed by atoms with Crippen LogP contribution in [0.1, 0.15) is 83.6 Å². The van der Waals surface area contributed by atoms with Gasteiger partial charge >= 0.3 is 0 Å². The highest BCUT2D eigenvalue weighted by Crippen LogP contribution is 2.36. The maximum Gasteiger partial charge on any atom is 0.270 e. The third kappa shape index (κ3) is 6.17. The average molecular weight is 512 g/mol. The van der Waals surface area contributed by atoms with Crippen molar-refractivity contribution in [3.05, 3.63) is 29.8 Å². The number of hydrogen-bond acceptors (Lipinski definition) is 6. The van der Waals surface area contributed by atoms with E-state index in [4.69, 9.17) is 4.99 Å². The van der Waals surface area contributed by atoms with Crippen LogP contribution in [0.5, 0.6) is 0 Å². The Morgan fingerprint density at radius 1 is 1.14 bits per heavy atom. The molecule has 1 fully saturated rings. The standard InChI is InChI=1S/C27H37N5O3S/c1-3-5-17-28-23(33)16-15-21-25(34)31-24-19-13-9-10-14-20(19)30-27(32(21)24)36-22(4-2)26(35)29-18-11-7-6-8-12-18/h9-10,13-14,18,21-22H,3-8,11-12,15-17H2,1-2H3,(H,28,33)(H,29,35). The predicted octanol–water partition coefficient (Wildman–Crippen LogP) is 4.30. The van der Waals surface area contributed by atoms with E-state index in [1.165, 1.54) is 18.2 Å². The number of unbranched alkanes of at least 4 members (excludes halogenated alkanes) is 1. The summed E-state index contributed by atoms with van der Waals surface area (Å²) in [6.07, 6.45) is 8.76. The summed E-state index contributed by atoms with van der Waals surface area (Å²) in [6, 6.07) is 7.25. The SMILES string of the molecule is CCCCNC(=O)CCC1C(=O)N=C2c3ccccc3N=C(SC(CC)C(=O)NC3CCCCC3)N21. The average Bonchev–Trinajstić information content (AvgIpc) is 3.23. The normalized spacial score (nSPS) is 20.2. The quantitative estimate of drug-likeness (QED) is 0.456. The smallest absolute Gasteiger partial charge is 0.270 e. The molecule has 2 aliphatic heterocycles. The minimum absolute atomic E-state index is 0.0202. The van der Waals surface area contributed by atoms with Crippen LogP contribution >= 0.6 is 11.8 Å². The molecule has 0 bridgehead atoms. The number of thioether (sulfide) groups is 1. The number of para-hydroxylation sites is 1. The first kappa shape index (κ1) is 26.4. The van der Waals surface area contributed by atoms with Crippen molar-refractivity contribution in [3.8, 4) is 0 Å². The van der Waals surface area contributed by atoms with E-state index in [0.29, 0.717) is 30.4 Å². The molecule has 1 aromatic rings. The van der Waals surface area contributed by atoms with Gasteiger partial charge < -0.3 is 10.6 Å². The summed E-state index contributed by atoms with van der Waals surface area (Å²) in [7, 11) is 0. The zero-order chi connectivity index (χ0) is 25.5. The van der Waals surface area contributed by atoms with Crippen LogP contribution in [0, 0.1) is 0 Å². The lowest BCUT2D eigenvalue weighted by molar-refractivity contribution is -0.123. The molecule has 9 heteroatoms. The molecule has 0 saturated heterocycles. The van der Waals surface area contributed by atoms with Crippen LogP contribution in [0.2, 0.25) is 0 Å². The van der Waals surface area contributed by atoms with Gasteiger partial charge in [0.25, 0.3) is 5.91 Å². The summed E-state index contributed by atoms with van der Waals surface area (Å²) in [5, 5.41) is 6.43. The molecule has 1 aliphatic carbocycles. The first-order valence-corrected chi connectivity index (χ1v) is 14.2. The maximum absolute atomic E-state index is 13.2. The Balaban J connectivity index is 1.52. The van der Waals surface area contributed by atoms with E-state index in [2.05, 4.69) is 22.5 Å². The molecule has 3 amide bonds. The predicted molar refractivity (Wildman–Crippen MR) is 145 cm³/mol. The van der Waals surface area contributed by atoms with Gasteiger partial charge in [0.05, 0.1) is 10.9 Å². The van der Waals surface area contributed by atoms with Gasteiger partial charge in [0.2, 0.25) is 11.8 Å². The van der Waals surface area contributed by atoms with Crippen molar-refractivity contribution in [1.29, 1.82) is 0 Å². The summed E-state index contributed by atoms with van der Waals surface area (Å²) in [4.78, 5) is 49.7. The highest BCUT2D eigenvalue weighted by Gasteiger charge is 2.42. The highest BCUT2D eigenvalue weighted by molar-refractivity contribution is 8.15. The summed E-state index contributed by atoms with van der Waals surface area (Å²) in [6.45, 7) is 4.72. The Kier molecular flexibility index (Phi) is 9.18. The largest absolute Gasteiger partial charge is 0.356 e. The molecule has 1 saturated carbocycles. The molecule has 2 unspecified atom stereocenters. The minimum atomic E-state index is -0.601. The topological polar surface area (TPSA) is 103 Å². The number of nitrogens with zero attached hydrogens (tertiary/aromatic N) is 3. The van der Waals surface area contributed by atoms with E-state index in [-0.39, 0.29) is 35.4 Å². The summed E-state index contributed by atoms with van der Waals surface area (Å²) in [5.74, 6) is 0.251. The molecule has 0 aromatic heterocycles. The molecule has 0 radical (unpaired) electrons. The molecular formula is C27H37N5O3S. The maximum atomic E-state index is 13.2. The first-order chi connectivity index (χ1) is 17.5. The number of aliphatic imine (C=N–C) groups is 2. The van der Waals surface area contributed by atoms with Crippen LogP contribution in [0.25, 0.3) is 0 Å². The van der Waals surface area contributed by atoms with Crippen molar-refractivity contribution in [1.82, 2.24) is 15.5 Å². The van der Waals surface area contributed by atoms with Crippen LogP contribution in [0.15, 0.2) is 34.3 Å². The lowest BCUT2D eigenvalue weighted by Gasteiger charge is -2.32. The minimum Gasteiger partial charge on any atom is -0.356 e. The second-order valence-electron chi connectivity index (χ2n) is 9.67. The number of hydrogen-bond donors (Lipinski definition) is 2. The van der Waals surface area contributed by atoms with E-state index in [0.717, 1.165) is 49.8 Å². The van der Waals surface area contributed by atoms with Gasteiger partial charge in [0.1, 0.15) is 11.9 Å². The molecule has 0 spiro atoms. The molecule has 194 valence electrons. The van der Waals surface area contributed by atoms with Gasteiger partial charge in [-0.15, -0.1) is 0 Å². The third-order valence-corrected chi connectivity index (χ3v) is 8.30. The van der Waals surface area contributed by atoms with Crippen LogP contribution in [0.4, 0.5) is 5.69 Å². The van der Waals surface area contributed by atoms with E-state index in [1.807, 2.05) is 36.1 Å². The summed E-state index contributed by atoms with van der Waals surface area (Å²) in [5.41, 5.74) is 1.54. The number of fused-ring (bicyclic) bond motifs is 3. The van der Waals surface area contributed by atoms with E-state index >= 15 is 0 Å². The Labute approximate surface area is 217 Å². The third-order valence-electron chi connectivity index (χ3n) is 6.97. The molecule has 2 N–H and O–H groups in total. The molecule has 4 rings (SSSR count). The van der Waals surface area contributed by atoms with Gasteiger partial charge in [0.15, 0.2) is 5.17 Å². The Morgan fingerprint density at radius 3 is 2.67 bits per heavy atom. The summed E-state index contributed by atoms with van der Waals surface area (Å²) < 4.78 is 0. The number of nitrogens with one attached hydrogen (secondary N) is 2. The van der Waals surface area contributed by atoms with Gasteiger partial charge in [-0.1, -0.05) is 63.4 Å². The van der Waals surface area contributed by atoms with Crippen molar-refractivity contribution in [2.24, 2.45) is 9.98 Å². The number of amidine groups is 2. The Morgan fingerprint density at radius 2 is 1.92 bits per heavy atom. The van der Waals surface area contributed by atoms with Crippen LogP contribution in [-0.4, -0.2) is 57.5 Å². The monoisotopic (exact) mass is 511 g/mol. The lowest BCUT2D eigenvalue weighted by atomic mass is 9.95. The number of carbonyl (C=O) groups excluding carboxylic acids is 3. The van der Waals surface area contributed by atoms with Crippen LogP contribution in [0.3, 0.4) is 0 Å². The second-order valence-corrected chi connectivity index (χ2v) is 10.8. The Hall–Kier alpha value is -2.68. The van der Waals surface area contributed by atoms with Crippen LogP contribution in [-0.2, 0) is 14.4 Å². The molecule has 2 heterocycles. The highest BCUT2D eigenvalue weighted by atomic mass is 32.2. The van der Waals surface area contributed by atoms with Crippen molar-refractivity contribution in [3.63, 3.8) is 0 Å². The Bertz CT molecular complexity index is 1030. The van der Waals surface area contributed by atoms with E-state index in [1.54, 1.807) is 0 Å². The molecule has 1 aromatic carbocycles. The van der Waals surface area contributed by atoms with Crippen molar-refractivity contribution in [2.45, 2.75) is 95.4 Å². The van der Waals surface area contributed by atoms with Crippen molar-refractivity contribution < 1.29 is 14.4 Å². The van der Waals surface area contributed by atoms with Crippen LogP contribution < -0.4 is 10.6 Å². The fraction of sp³-hybridized carbons (Fsp3) is 0.593. The van der Waals surface area contributed by atoms with Gasteiger partial charge in [0, 0.05) is 24.6 Å². The fourth-order valence-electron chi connectivity index (χ4n) is 4.91. The van der Waals surface area contributed by atoms with Gasteiger partial charge in [-0.2, -0.15) is 4.99 Å². The number of amides is 3. The van der Waals surface area contributed by atoms with E-state index in [9.17, 15) is 14.4 Å². The van der Waals surface area contributed by atoms with Gasteiger partial charge in [-0.05, 0) is 44.2 Å². The second kappa shape index (κ2) is 12.5. The van der Waals surface area contributed by atoms with Crippen molar-refractivity contribution in [2.75, 3.05) is 6.54 Å². The molecular weight excluding hydrogens is 474 g/mol. The summed E-state index contributed by atoms with van der Waals surface area (Å²) >= 11 is 1.39. The van der Waals surface area contributed by atoms with Gasteiger partial charge in [-0.25, -0.2) is 4.99 Å². The molecule has 36 heavy (non-hydrogen) atoms. The molecule has 2 atom stereocenters. The number of carbonyl (C=O) groups is 3. The van der Waals surface area contributed by atoms with Gasteiger partial charge in [-0.3, -0.25) is 19.3 Å². The van der Waals surface area contributed by atoms with Crippen molar-refractivity contribution >= 4 is 46.2 Å². The molecule has 3 aliphatic rings. The zero-order valence-electron chi connectivity index (χ0n) is 21.3. The lowest BCUT2D eigenvalue weighted by Crippen LogP contribution is -2.46. The fourth-order valence-corrected chi connectivity index (χ4v) is 5.98. The number of benzene rings is 1. The number of rotatable bonds is 10. The first-order valence-electron chi connectivity index (χ1n) is 13.3.